The van der Waals surface area contributed by atoms with Crippen molar-refractivity contribution in [3.8, 4) is 5.75 Å². The molecule has 6 nitrogen and oxygen atoms in total. The summed E-state index contributed by atoms with van der Waals surface area (Å²) in [4.78, 5) is 33.5. The minimum Gasteiger partial charge on any atom is -0.507 e. The molecule has 0 aliphatic heterocycles. The maximum atomic E-state index is 11.5. The molecule has 1 aromatic carbocycles. The largest absolute Gasteiger partial charge is 0.507 e. The normalized spacial score (nSPS) is 11.9. The van der Waals surface area contributed by atoms with Crippen molar-refractivity contribution >= 4 is 17.5 Å². The highest BCUT2D eigenvalue weighted by Gasteiger charge is 2.19. The van der Waals surface area contributed by atoms with Gasteiger partial charge in [-0.05, 0) is 38.0 Å². The number of benzene rings is 1. The molecule has 1 aromatic rings. The van der Waals surface area contributed by atoms with Gasteiger partial charge in [0.15, 0.2) is 11.6 Å². The van der Waals surface area contributed by atoms with Crippen molar-refractivity contribution in [3.63, 3.8) is 0 Å². The zero-order valence-electron chi connectivity index (χ0n) is 10.6. The van der Waals surface area contributed by atoms with Crippen molar-refractivity contribution < 1.29 is 24.6 Å². The minimum atomic E-state index is -1.20. The van der Waals surface area contributed by atoms with Crippen LogP contribution in [0.1, 0.15) is 40.1 Å². The summed E-state index contributed by atoms with van der Waals surface area (Å²) in [6.45, 7) is 2.56. The second-order valence-electron chi connectivity index (χ2n) is 4.29. The van der Waals surface area contributed by atoms with Gasteiger partial charge in [-0.25, -0.2) is 0 Å². The molecule has 6 heteroatoms. The Morgan fingerprint density at radius 3 is 2.11 bits per heavy atom. The van der Waals surface area contributed by atoms with Crippen molar-refractivity contribution in [2.45, 2.75) is 26.3 Å². The van der Waals surface area contributed by atoms with Crippen LogP contribution >= 0.6 is 0 Å². The Kier molecular flexibility index (Phi) is 4.39. The number of phenolic OH excluding ortho intramolecular Hbond substituents is 1. The lowest BCUT2D eigenvalue weighted by Crippen LogP contribution is -2.32. The Morgan fingerprint density at radius 1 is 1.16 bits per heavy atom. The second kappa shape index (κ2) is 5.62. The first-order chi connectivity index (χ1) is 8.73. The number of carboxylic acids is 1. The van der Waals surface area contributed by atoms with Crippen LogP contribution in [0.3, 0.4) is 0 Å². The Hall–Kier alpha value is -2.21. The maximum absolute atomic E-state index is 11.5. The van der Waals surface area contributed by atoms with E-state index in [-0.39, 0.29) is 34.9 Å². The Bertz CT molecular complexity index is 550. The molecule has 19 heavy (non-hydrogen) atoms. The highest BCUT2D eigenvalue weighted by atomic mass is 16.4. The minimum absolute atomic E-state index is 0.0394. The summed E-state index contributed by atoms with van der Waals surface area (Å²) in [5.41, 5.74) is 5.97. The van der Waals surface area contributed by atoms with Crippen molar-refractivity contribution in [2.24, 2.45) is 5.73 Å². The molecule has 0 spiro atoms. The molecule has 0 unspecified atom stereocenters. The van der Waals surface area contributed by atoms with Gasteiger partial charge < -0.3 is 15.9 Å². The molecule has 0 bridgehead atoms. The van der Waals surface area contributed by atoms with Gasteiger partial charge >= 0.3 is 5.97 Å². The lowest BCUT2D eigenvalue weighted by Gasteiger charge is -2.12. The molecule has 1 rings (SSSR count). The van der Waals surface area contributed by atoms with Gasteiger partial charge in [0.25, 0.3) is 0 Å². The van der Waals surface area contributed by atoms with E-state index in [2.05, 4.69) is 0 Å². The van der Waals surface area contributed by atoms with Crippen LogP contribution in [-0.2, 0) is 11.2 Å². The third kappa shape index (κ3) is 3.38. The third-order valence-electron chi connectivity index (χ3n) is 2.74. The van der Waals surface area contributed by atoms with Crippen LogP contribution in [0.2, 0.25) is 0 Å². The second-order valence-corrected chi connectivity index (χ2v) is 4.29. The first kappa shape index (κ1) is 14.8. The molecule has 0 saturated heterocycles. The van der Waals surface area contributed by atoms with E-state index in [9.17, 15) is 19.5 Å². The number of carboxylic acid groups (broad SMARTS) is 1. The first-order valence-corrected chi connectivity index (χ1v) is 5.60. The first-order valence-electron chi connectivity index (χ1n) is 5.60. The molecule has 0 aromatic heterocycles. The molecular formula is C13H15NO5. The number of hydrogen-bond donors (Lipinski definition) is 3. The molecule has 0 amide bonds. The van der Waals surface area contributed by atoms with Crippen molar-refractivity contribution in [1.82, 2.24) is 0 Å². The summed E-state index contributed by atoms with van der Waals surface area (Å²) >= 11 is 0. The Balaban J connectivity index is 3.33. The van der Waals surface area contributed by atoms with E-state index in [0.717, 1.165) is 0 Å². The van der Waals surface area contributed by atoms with E-state index < -0.39 is 12.0 Å². The van der Waals surface area contributed by atoms with E-state index in [1.807, 2.05) is 0 Å². The van der Waals surface area contributed by atoms with Gasteiger partial charge in [0.2, 0.25) is 0 Å². The van der Waals surface area contributed by atoms with E-state index in [1.165, 1.54) is 26.0 Å². The predicted octanol–water partition coefficient (Wildman–Crippen LogP) is 0.752. The number of nitrogens with two attached hydrogens (primary N) is 1. The average Bonchev–Trinajstić information content (AvgIpc) is 2.29. The van der Waals surface area contributed by atoms with Gasteiger partial charge in [0.1, 0.15) is 11.8 Å². The number of Topliss-reactive ketones (excluding diaryl/α,β-unsaturated/α-hetero) is 2. The van der Waals surface area contributed by atoms with Crippen LogP contribution < -0.4 is 5.73 Å². The monoisotopic (exact) mass is 265 g/mol. The average molecular weight is 265 g/mol. The molecule has 0 heterocycles. The third-order valence-corrected chi connectivity index (χ3v) is 2.74. The number of carbonyl (C=O) groups is 3. The van der Waals surface area contributed by atoms with Crippen molar-refractivity contribution in [1.29, 1.82) is 0 Å². The summed E-state index contributed by atoms with van der Waals surface area (Å²) in [5, 5.41) is 18.4. The van der Waals surface area contributed by atoms with Crippen molar-refractivity contribution in [2.75, 3.05) is 0 Å². The fourth-order valence-corrected chi connectivity index (χ4v) is 1.74. The number of aromatic hydroxyl groups is 1. The molecular weight excluding hydrogens is 250 g/mol. The smallest absolute Gasteiger partial charge is 0.320 e. The van der Waals surface area contributed by atoms with Crippen LogP contribution in [0.25, 0.3) is 0 Å². The highest BCUT2D eigenvalue weighted by molar-refractivity contribution is 6.01. The number of ketones is 2. The van der Waals surface area contributed by atoms with Gasteiger partial charge in [0.05, 0.1) is 5.56 Å². The summed E-state index contributed by atoms with van der Waals surface area (Å²) in [6, 6.07) is 1.31. The lowest BCUT2D eigenvalue weighted by atomic mass is 9.94. The number of phenols is 1. The Labute approximate surface area is 109 Å². The molecule has 0 aliphatic rings. The molecule has 4 N–H and O–H groups in total. The van der Waals surface area contributed by atoms with Gasteiger partial charge in [-0.3, -0.25) is 14.4 Å². The highest BCUT2D eigenvalue weighted by Crippen LogP contribution is 2.24. The van der Waals surface area contributed by atoms with E-state index >= 15 is 0 Å². The quantitative estimate of drug-likeness (QED) is 0.676. The summed E-state index contributed by atoms with van der Waals surface area (Å²) in [6.07, 6.45) is -0.0925. The van der Waals surface area contributed by atoms with E-state index in [0.29, 0.717) is 5.56 Å². The van der Waals surface area contributed by atoms with Gasteiger partial charge in [-0.2, -0.15) is 0 Å². The van der Waals surface area contributed by atoms with Gasteiger partial charge in [-0.1, -0.05) is 0 Å². The lowest BCUT2D eigenvalue weighted by molar-refractivity contribution is -0.138. The fourth-order valence-electron chi connectivity index (χ4n) is 1.74. The standard InChI is InChI=1S/C13H15NO5/c1-6(15)9-5-12(17)10(7(2)16)3-8(9)4-11(14)13(18)19/h3,5,11,17H,4,14H2,1-2H3,(H,18,19)/t11-/m0/s1. The van der Waals surface area contributed by atoms with Gasteiger partial charge in [0, 0.05) is 5.56 Å². The van der Waals surface area contributed by atoms with Crippen LogP contribution in [0.15, 0.2) is 12.1 Å². The van der Waals surface area contributed by atoms with E-state index in [4.69, 9.17) is 10.8 Å². The zero-order chi connectivity index (χ0) is 14.7. The number of aliphatic carboxylic acids is 1. The van der Waals surface area contributed by atoms with Crippen molar-refractivity contribution in [3.05, 3.63) is 28.8 Å². The summed E-state index contributed by atoms with van der Waals surface area (Å²) < 4.78 is 0. The molecule has 1 atom stereocenters. The number of hydrogen-bond acceptors (Lipinski definition) is 5. The number of carbonyl (C=O) groups excluding carboxylic acids is 2. The molecule has 0 fully saturated rings. The topological polar surface area (TPSA) is 118 Å². The molecule has 0 saturated carbocycles. The van der Waals surface area contributed by atoms with Crippen LogP contribution in [0.4, 0.5) is 0 Å². The summed E-state index contributed by atoms with van der Waals surface area (Å²) in [7, 11) is 0. The zero-order valence-corrected chi connectivity index (χ0v) is 10.6. The van der Waals surface area contributed by atoms with Crippen LogP contribution in [0.5, 0.6) is 5.75 Å². The molecule has 0 aliphatic carbocycles. The summed E-state index contributed by atoms with van der Waals surface area (Å²) in [5.74, 6) is -2.21. The fraction of sp³-hybridized carbons (Fsp3) is 0.308. The number of rotatable bonds is 5. The van der Waals surface area contributed by atoms with Crippen LogP contribution in [0, 0.1) is 0 Å². The van der Waals surface area contributed by atoms with E-state index in [1.54, 1.807) is 0 Å². The maximum Gasteiger partial charge on any atom is 0.320 e. The SMILES string of the molecule is CC(=O)c1cc(C[C@H](N)C(=O)O)c(C(C)=O)cc1O. The van der Waals surface area contributed by atoms with Gasteiger partial charge in [-0.15, -0.1) is 0 Å². The molecule has 102 valence electrons. The predicted molar refractivity (Wildman–Crippen MR) is 67.4 cm³/mol. The Morgan fingerprint density at radius 2 is 1.68 bits per heavy atom. The van der Waals surface area contributed by atoms with Crippen LogP contribution in [-0.4, -0.2) is 33.8 Å². The molecule has 0 radical (unpaired) electrons.